The zero-order valence-electron chi connectivity index (χ0n) is 6.98. The van der Waals surface area contributed by atoms with Gasteiger partial charge in [-0.3, -0.25) is 0 Å². The van der Waals surface area contributed by atoms with Crippen molar-refractivity contribution in [1.29, 1.82) is 0 Å². The molecule has 0 amide bonds. The molecule has 0 nitrogen and oxygen atoms in total. The summed E-state index contributed by atoms with van der Waals surface area (Å²) < 4.78 is 0. The third-order valence-electron chi connectivity index (χ3n) is 2.44. The summed E-state index contributed by atoms with van der Waals surface area (Å²) in [6.45, 7) is 8.46. The molecule has 1 atom stereocenters. The fraction of sp³-hybridized carbons (Fsp3) is 0.600. The molecule has 0 aromatic rings. The van der Waals surface area contributed by atoms with Gasteiger partial charge in [-0.05, 0) is 43.3 Å². The molecule has 0 aliphatic heterocycles. The van der Waals surface area contributed by atoms with Gasteiger partial charge in [0.1, 0.15) is 0 Å². The van der Waals surface area contributed by atoms with E-state index in [1.165, 1.54) is 30.4 Å². The third-order valence-corrected chi connectivity index (χ3v) is 2.44. The van der Waals surface area contributed by atoms with Crippen molar-refractivity contribution in [3.8, 4) is 0 Å². The Labute approximate surface area is 63.6 Å². The van der Waals surface area contributed by atoms with Crippen molar-refractivity contribution in [2.24, 2.45) is 5.92 Å². The van der Waals surface area contributed by atoms with Gasteiger partial charge in [0.15, 0.2) is 0 Å². The smallest absolute Gasteiger partial charge is 0.0194 e. The minimum atomic E-state index is 0.722. The van der Waals surface area contributed by atoms with Crippen LogP contribution in [0.25, 0.3) is 0 Å². The first-order chi connectivity index (χ1) is 4.75. The Balaban J connectivity index is 2.69. The van der Waals surface area contributed by atoms with Crippen LogP contribution in [0.5, 0.6) is 0 Å². The van der Waals surface area contributed by atoms with E-state index in [2.05, 4.69) is 26.5 Å². The molecule has 0 N–H and O–H groups in total. The van der Waals surface area contributed by atoms with Crippen LogP contribution in [0, 0.1) is 5.92 Å². The summed E-state index contributed by atoms with van der Waals surface area (Å²) in [6, 6.07) is 0. The highest BCUT2D eigenvalue weighted by molar-refractivity contribution is 5.31. The van der Waals surface area contributed by atoms with Gasteiger partial charge >= 0.3 is 0 Å². The van der Waals surface area contributed by atoms with Gasteiger partial charge < -0.3 is 0 Å². The molecule has 0 aromatic carbocycles. The largest absolute Gasteiger partial charge is 0.0953 e. The third kappa shape index (κ3) is 1.31. The van der Waals surface area contributed by atoms with Gasteiger partial charge in [0, 0.05) is 0 Å². The van der Waals surface area contributed by atoms with E-state index in [9.17, 15) is 0 Å². The van der Waals surface area contributed by atoms with Gasteiger partial charge in [0.25, 0.3) is 0 Å². The fourth-order valence-electron chi connectivity index (χ4n) is 1.58. The number of rotatable bonds is 0. The maximum absolute atomic E-state index is 4.08. The summed E-state index contributed by atoms with van der Waals surface area (Å²) >= 11 is 0. The average molecular weight is 136 g/mol. The van der Waals surface area contributed by atoms with Crippen LogP contribution in [-0.4, -0.2) is 0 Å². The van der Waals surface area contributed by atoms with Crippen LogP contribution in [0.15, 0.2) is 23.8 Å². The molecular formula is C10H16. The zero-order chi connectivity index (χ0) is 7.56. The molecule has 1 aliphatic carbocycles. The van der Waals surface area contributed by atoms with Crippen molar-refractivity contribution in [1.82, 2.24) is 0 Å². The Bertz CT molecular complexity index is 163. The molecule has 1 rings (SSSR count). The van der Waals surface area contributed by atoms with Crippen LogP contribution in [0.1, 0.15) is 33.1 Å². The number of allylic oxidation sites excluding steroid dienone is 3. The summed E-state index contributed by atoms with van der Waals surface area (Å²) in [5.74, 6) is 0.722. The Hall–Kier alpha value is -0.520. The van der Waals surface area contributed by atoms with Crippen molar-refractivity contribution >= 4 is 0 Å². The summed E-state index contributed by atoms with van der Waals surface area (Å²) in [5.41, 5.74) is 2.85. The molecule has 0 aromatic heterocycles. The molecule has 0 unspecified atom stereocenters. The van der Waals surface area contributed by atoms with E-state index in [4.69, 9.17) is 0 Å². The first-order valence-corrected chi connectivity index (χ1v) is 4.10. The van der Waals surface area contributed by atoms with Gasteiger partial charge in [-0.1, -0.05) is 19.6 Å². The Morgan fingerprint density at radius 3 is 2.80 bits per heavy atom. The van der Waals surface area contributed by atoms with E-state index in [1.807, 2.05) is 0 Å². The zero-order valence-corrected chi connectivity index (χ0v) is 6.98. The van der Waals surface area contributed by atoms with E-state index >= 15 is 0 Å². The van der Waals surface area contributed by atoms with Crippen LogP contribution >= 0.6 is 0 Å². The van der Waals surface area contributed by atoms with Gasteiger partial charge in [-0.25, -0.2) is 0 Å². The summed E-state index contributed by atoms with van der Waals surface area (Å²) in [4.78, 5) is 0. The van der Waals surface area contributed by atoms with Crippen molar-refractivity contribution < 1.29 is 0 Å². The number of hydrogen-bond donors (Lipinski definition) is 0. The summed E-state index contributed by atoms with van der Waals surface area (Å²) in [6.07, 6.45) is 6.13. The van der Waals surface area contributed by atoms with Crippen LogP contribution in [0.4, 0.5) is 0 Å². The lowest BCUT2D eigenvalue weighted by Gasteiger charge is -2.23. The van der Waals surface area contributed by atoms with Crippen LogP contribution in [0.3, 0.4) is 0 Å². The van der Waals surface area contributed by atoms with Crippen molar-refractivity contribution in [3.05, 3.63) is 23.8 Å². The fourth-order valence-corrected chi connectivity index (χ4v) is 1.58. The Morgan fingerprint density at radius 1 is 1.60 bits per heavy atom. The van der Waals surface area contributed by atoms with E-state index in [0.717, 1.165) is 5.92 Å². The maximum Gasteiger partial charge on any atom is -0.0194 e. The van der Waals surface area contributed by atoms with Gasteiger partial charge in [-0.15, -0.1) is 0 Å². The molecule has 1 fully saturated rings. The SMILES string of the molecule is C=C1/C(=C\C)CCC[C@@H]1C. The van der Waals surface area contributed by atoms with Gasteiger partial charge in [0.2, 0.25) is 0 Å². The second-order valence-electron chi connectivity index (χ2n) is 3.13. The second kappa shape index (κ2) is 3.05. The van der Waals surface area contributed by atoms with Gasteiger partial charge in [-0.2, -0.15) is 0 Å². The van der Waals surface area contributed by atoms with Crippen LogP contribution < -0.4 is 0 Å². The first-order valence-electron chi connectivity index (χ1n) is 4.10. The summed E-state index contributed by atoms with van der Waals surface area (Å²) in [7, 11) is 0. The standard InChI is InChI=1S/C10H16/c1-4-10-7-5-6-8(2)9(10)3/h4,8H,3,5-7H2,1-2H3/b10-4-/t8-/m0/s1. The lowest BCUT2D eigenvalue weighted by atomic mass is 9.83. The average Bonchev–Trinajstić information content (AvgIpc) is 1.95. The quantitative estimate of drug-likeness (QED) is 0.479. The Kier molecular flexibility index (Phi) is 2.31. The van der Waals surface area contributed by atoms with Crippen molar-refractivity contribution in [2.75, 3.05) is 0 Å². The molecular weight excluding hydrogens is 120 g/mol. The monoisotopic (exact) mass is 136 g/mol. The van der Waals surface area contributed by atoms with E-state index in [1.54, 1.807) is 0 Å². The molecule has 0 saturated heterocycles. The maximum atomic E-state index is 4.08. The normalized spacial score (nSPS) is 31.2. The molecule has 0 radical (unpaired) electrons. The predicted octanol–water partition coefficient (Wildman–Crippen LogP) is 3.31. The molecule has 10 heavy (non-hydrogen) atoms. The molecule has 0 heteroatoms. The van der Waals surface area contributed by atoms with E-state index in [0.29, 0.717) is 0 Å². The molecule has 0 bridgehead atoms. The first kappa shape index (κ1) is 7.59. The Morgan fingerprint density at radius 2 is 2.30 bits per heavy atom. The summed E-state index contributed by atoms with van der Waals surface area (Å²) in [5, 5.41) is 0. The van der Waals surface area contributed by atoms with Crippen LogP contribution in [-0.2, 0) is 0 Å². The van der Waals surface area contributed by atoms with E-state index in [-0.39, 0.29) is 0 Å². The highest BCUT2D eigenvalue weighted by atomic mass is 14.2. The van der Waals surface area contributed by atoms with Crippen molar-refractivity contribution in [2.45, 2.75) is 33.1 Å². The molecule has 1 aliphatic rings. The minimum absolute atomic E-state index is 0.722. The lowest BCUT2D eigenvalue weighted by Crippen LogP contribution is -2.07. The lowest BCUT2D eigenvalue weighted by molar-refractivity contribution is 0.541. The topological polar surface area (TPSA) is 0 Å². The van der Waals surface area contributed by atoms with Gasteiger partial charge in [0.05, 0.1) is 0 Å². The number of hydrogen-bond acceptors (Lipinski definition) is 0. The highest BCUT2D eigenvalue weighted by Gasteiger charge is 2.15. The second-order valence-corrected chi connectivity index (χ2v) is 3.13. The predicted molar refractivity (Wildman–Crippen MR) is 45.9 cm³/mol. The minimum Gasteiger partial charge on any atom is -0.0953 e. The highest BCUT2D eigenvalue weighted by Crippen LogP contribution is 2.31. The van der Waals surface area contributed by atoms with Crippen LogP contribution in [0.2, 0.25) is 0 Å². The molecule has 0 heterocycles. The molecule has 1 saturated carbocycles. The van der Waals surface area contributed by atoms with Crippen molar-refractivity contribution in [3.63, 3.8) is 0 Å². The molecule has 0 spiro atoms. The van der Waals surface area contributed by atoms with E-state index < -0.39 is 0 Å². The molecule has 56 valence electrons.